The van der Waals surface area contributed by atoms with Gasteiger partial charge in [-0.1, -0.05) is 6.07 Å². The Morgan fingerprint density at radius 3 is 3.07 bits per heavy atom. The molecule has 152 valence electrons. The van der Waals surface area contributed by atoms with Crippen LogP contribution in [0.2, 0.25) is 0 Å². The topological polar surface area (TPSA) is 107 Å². The van der Waals surface area contributed by atoms with Crippen molar-refractivity contribution in [3.05, 3.63) is 63.7 Å². The van der Waals surface area contributed by atoms with Crippen LogP contribution < -0.4 is 11.1 Å². The zero-order chi connectivity index (χ0) is 20.5. The number of hydrogen-bond acceptors (Lipinski definition) is 7. The molecule has 1 amide bonds. The summed E-state index contributed by atoms with van der Waals surface area (Å²) in [5.41, 5.74) is 8.50. The van der Waals surface area contributed by atoms with Crippen molar-refractivity contribution >= 4 is 28.6 Å². The summed E-state index contributed by atoms with van der Waals surface area (Å²) in [5, 5.41) is 5.53. The lowest BCUT2D eigenvalue weighted by Crippen LogP contribution is -2.12. The number of carbonyl (C=O) groups excluding carboxylic acids is 1. The fourth-order valence-electron chi connectivity index (χ4n) is 3.66. The third kappa shape index (κ3) is 3.42. The summed E-state index contributed by atoms with van der Waals surface area (Å²) in [6.45, 7) is 1.83. The zero-order valence-electron chi connectivity index (χ0n) is 16.2. The second-order valence-electron chi connectivity index (χ2n) is 7.03. The molecule has 1 aliphatic rings. The Kier molecular flexibility index (Phi) is 4.89. The third-order valence-corrected chi connectivity index (χ3v) is 5.97. The fraction of sp³-hybridized carbons (Fsp3) is 0.238. The van der Waals surface area contributed by atoms with Gasteiger partial charge in [0, 0.05) is 23.2 Å². The van der Waals surface area contributed by atoms with E-state index in [-0.39, 0.29) is 0 Å². The molecule has 0 aliphatic carbocycles. The first-order chi connectivity index (χ1) is 14.7. The van der Waals surface area contributed by atoms with Crippen LogP contribution in [0.3, 0.4) is 0 Å². The number of amides is 1. The molecule has 5 rings (SSSR count). The molecule has 0 spiro atoms. The Hall–Kier alpha value is -3.30. The molecule has 0 aromatic carbocycles. The molecule has 9 heteroatoms. The van der Waals surface area contributed by atoms with E-state index < -0.39 is 5.91 Å². The highest BCUT2D eigenvalue weighted by Crippen LogP contribution is 2.27. The van der Waals surface area contributed by atoms with Crippen LogP contribution in [0.4, 0.5) is 5.82 Å². The van der Waals surface area contributed by atoms with Gasteiger partial charge in [-0.15, -0.1) is 11.3 Å². The standard InChI is InChI=1S/C21H20N6O2S/c22-18(28)15-5-1-7-27-17(15)11-24-21(27)20-25-16-12-29-8-2-6-14(16)19(26-20)23-10-13-4-3-9-30-13/h1,3-5,7,9,11H,2,6,8,10,12H2,(H2,22,28)(H,23,25,26). The van der Waals surface area contributed by atoms with Crippen LogP contribution in [-0.4, -0.2) is 31.9 Å². The summed E-state index contributed by atoms with van der Waals surface area (Å²) in [5.74, 6) is 1.34. The maximum absolute atomic E-state index is 11.8. The lowest BCUT2D eigenvalue weighted by atomic mass is 10.1. The quantitative estimate of drug-likeness (QED) is 0.514. The first-order valence-electron chi connectivity index (χ1n) is 9.71. The molecule has 1 aliphatic heterocycles. The van der Waals surface area contributed by atoms with Gasteiger partial charge in [-0.3, -0.25) is 9.20 Å². The third-order valence-electron chi connectivity index (χ3n) is 5.09. The normalized spacial score (nSPS) is 13.7. The van der Waals surface area contributed by atoms with Crippen molar-refractivity contribution in [3.63, 3.8) is 0 Å². The number of aromatic nitrogens is 4. The number of anilines is 1. The van der Waals surface area contributed by atoms with Crippen LogP contribution in [0.25, 0.3) is 17.2 Å². The number of nitrogens with two attached hydrogens (primary N) is 1. The highest BCUT2D eigenvalue weighted by Gasteiger charge is 2.21. The van der Waals surface area contributed by atoms with Gasteiger partial charge in [0.2, 0.25) is 0 Å². The first-order valence-corrected chi connectivity index (χ1v) is 10.6. The van der Waals surface area contributed by atoms with Crippen molar-refractivity contribution in [1.29, 1.82) is 0 Å². The van der Waals surface area contributed by atoms with Gasteiger partial charge in [0.05, 0.1) is 36.1 Å². The molecule has 0 bridgehead atoms. The predicted octanol–water partition coefficient (Wildman–Crippen LogP) is 3.03. The van der Waals surface area contributed by atoms with E-state index in [0.717, 1.165) is 29.9 Å². The number of primary amides is 1. The van der Waals surface area contributed by atoms with Crippen molar-refractivity contribution in [3.8, 4) is 11.6 Å². The highest BCUT2D eigenvalue weighted by molar-refractivity contribution is 7.09. The van der Waals surface area contributed by atoms with Crippen molar-refractivity contribution in [2.24, 2.45) is 5.73 Å². The summed E-state index contributed by atoms with van der Waals surface area (Å²) in [7, 11) is 0. The second-order valence-corrected chi connectivity index (χ2v) is 8.07. The van der Waals surface area contributed by atoms with Gasteiger partial charge in [0.15, 0.2) is 11.6 Å². The van der Waals surface area contributed by atoms with Gasteiger partial charge in [-0.25, -0.2) is 15.0 Å². The maximum Gasteiger partial charge on any atom is 0.250 e. The summed E-state index contributed by atoms with van der Waals surface area (Å²) < 4.78 is 7.53. The summed E-state index contributed by atoms with van der Waals surface area (Å²) in [6, 6.07) is 7.58. The van der Waals surface area contributed by atoms with Crippen LogP contribution in [0, 0.1) is 0 Å². The van der Waals surface area contributed by atoms with E-state index >= 15 is 0 Å². The number of ether oxygens (including phenoxy) is 1. The van der Waals surface area contributed by atoms with Gasteiger partial charge in [-0.05, 0) is 36.4 Å². The van der Waals surface area contributed by atoms with Crippen molar-refractivity contribution in [2.45, 2.75) is 26.0 Å². The van der Waals surface area contributed by atoms with E-state index in [4.69, 9.17) is 20.4 Å². The van der Waals surface area contributed by atoms with Crippen molar-refractivity contribution in [1.82, 2.24) is 19.4 Å². The average Bonchev–Trinajstić information content (AvgIpc) is 3.36. The number of pyridine rings is 1. The Balaban J connectivity index is 1.61. The monoisotopic (exact) mass is 420 g/mol. The van der Waals surface area contributed by atoms with Crippen molar-refractivity contribution < 1.29 is 9.53 Å². The van der Waals surface area contributed by atoms with Crippen LogP contribution in [0.1, 0.15) is 32.9 Å². The zero-order valence-corrected chi connectivity index (χ0v) is 17.0. The molecule has 3 N–H and O–H groups in total. The molecule has 8 nitrogen and oxygen atoms in total. The summed E-state index contributed by atoms with van der Waals surface area (Å²) in [6.07, 6.45) is 5.24. The summed E-state index contributed by atoms with van der Waals surface area (Å²) >= 11 is 1.70. The largest absolute Gasteiger partial charge is 0.375 e. The second kappa shape index (κ2) is 7.85. The minimum atomic E-state index is -0.499. The number of hydrogen-bond donors (Lipinski definition) is 2. The van der Waals surface area contributed by atoms with E-state index in [1.165, 1.54) is 4.88 Å². The molecule has 4 aromatic rings. The molecule has 5 heterocycles. The van der Waals surface area contributed by atoms with Gasteiger partial charge in [-0.2, -0.15) is 0 Å². The van der Waals surface area contributed by atoms with Gasteiger partial charge < -0.3 is 15.8 Å². The van der Waals surface area contributed by atoms with Gasteiger partial charge >= 0.3 is 0 Å². The van der Waals surface area contributed by atoms with Crippen LogP contribution in [0.5, 0.6) is 0 Å². The predicted molar refractivity (Wildman–Crippen MR) is 114 cm³/mol. The van der Waals surface area contributed by atoms with E-state index in [2.05, 4.69) is 21.7 Å². The number of imidazole rings is 1. The smallest absolute Gasteiger partial charge is 0.250 e. The Bertz CT molecular complexity index is 1220. The highest BCUT2D eigenvalue weighted by atomic mass is 32.1. The number of fused-ring (bicyclic) bond motifs is 2. The molecule has 0 unspecified atom stereocenters. The minimum Gasteiger partial charge on any atom is -0.375 e. The van der Waals surface area contributed by atoms with E-state index in [1.54, 1.807) is 34.1 Å². The molecule has 0 fully saturated rings. The average molecular weight is 420 g/mol. The minimum absolute atomic E-state index is 0.408. The van der Waals surface area contributed by atoms with Gasteiger partial charge in [0.25, 0.3) is 5.91 Å². The molecule has 30 heavy (non-hydrogen) atoms. The van der Waals surface area contributed by atoms with Crippen molar-refractivity contribution in [2.75, 3.05) is 11.9 Å². The van der Waals surface area contributed by atoms with Crippen LogP contribution in [0.15, 0.2) is 42.0 Å². The molecular weight excluding hydrogens is 400 g/mol. The SMILES string of the molecule is NC(=O)c1cccn2c(-c3nc4c(c(NCc5cccs5)n3)CCCOC4)ncc12. The lowest BCUT2D eigenvalue weighted by Gasteiger charge is -2.14. The fourth-order valence-corrected chi connectivity index (χ4v) is 4.30. The van der Waals surface area contributed by atoms with Gasteiger partial charge in [0.1, 0.15) is 5.82 Å². The molecule has 0 radical (unpaired) electrons. The Morgan fingerprint density at radius 2 is 2.23 bits per heavy atom. The molecule has 0 saturated heterocycles. The molecule has 0 saturated carbocycles. The van der Waals surface area contributed by atoms with E-state index in [0.29, 0.717) is 42.5 Å². The molecular formula is C21H20N6O2S. The Morgan fingerprint density at radius 1 is 1.30 bits per heavy atom. The maximum atomic E-state index is 11.8. The molecule has 0 atom stereocenters. The number of thiophene rings is 1. The first kappa shape index (κ1) is 18.7. The number of carbonyl (C=O) groups is 1. The van der Waals surface area contributed by atoms with Crippen LogP contribution in [-0.2, 0) is 24.3 Å². The summed E-state index contributed by atoms with van der Waals surface area (Å²) in [4.78, 5) is 27.1. The number of nitrogens with one attached hydrogen (secondary N) is 1. The Labute approximate surface area is 176 Å². The number of nitrogens with zero attached hydrogens (tertiary/aromatic N) is 4. The molecule has 4 aromatic heterocycles. The lowest BCUT2D eigenvalue weighted by molar-refractivity contribution is 0.100. The number of rotatable bonds is 5. The van der Waals surface area contributed by atoms with E-state index in [9.17, 15) is 4.79 Å². The van der Waals surface area contributed by atoms with E-state index in [1.807, 2.05) is 12.3 Å². The van der Waals surface area contributed by atoms with Crippen LogP contribution >= 0.6 is 11.3 Å².